The van der Waals surface area contributed by atoms with Crippen LogP contribution in [0.4, 0.5) is 18.9 Å². The van der Waals surface area contributed by atoms with Crippen LogP contribution in [0, 0.1) is 0 Å². The number of aliphatic hydroxyl groups is 1. The van der Waals surface area contributed by atoms with Gasteiger partial charge in [0.05, 0.1) is 6.61 Å². The van der Waals surface area contributed by atoms with E-state index in [9.17, 15) is 23.1 Å². The van der Waals surface area contributed by atoms with E-state index >= 15 is 0 Å². The molecular formula is C16H13ClF3NO3. The Labute approximate surface area is 140 Å². The number of ketones is 1. The zero-order valence-electron chi connectivity index (χ0n) is 12.2. The van der Waals surface area contributed by atoms with E-state index in [1.807, 2.05) is 0 Å². The van der Waals surface area contributed by atoms with Crippen molar-refractivity contribution in [1.29, 1.82) is 0 Å². The van der Waals surface area contributed by atoms with Crippen LogP contribution in [-0.4, -0.2) is 29.9 Å². The number of hydrogen-bond donors (Lipinski definition) is 2. The Morgan fingerprint density at radius 2 is 1.88 bits per heavy atom. The van der Waals surface area contributed by atoms with Gasteiger partial charge in [0.25, 0.3) is 0 Å². The quantitative estimate of drug-likeness (QED) is 0.768. The number of Topliss-reactive ketones (excluding diaryl/α,β-unsaturated/α-hetero) is 1. The molecule has 2 N–H and O–H groups in total. The number of nitrogens with one attached hydrogen (secondary N) is 1. The highest BCUT2D eigenvalue weighted by molar-refractivity contribution is 6.30. The largest absolute Gasteiger partial charge is 0.573 e. The number of alkyl halides is 3. The van der Waals surface area contributed by atoms with Gasteiger partial charge in [-0.15, -0.1) is 13.2 Å². The van der Waals surface area contributed by atoms with E-state index in [4.69, 9.17) is 11.6 Å². The molecule has 0 bridgehead atoms. The number of benzene rings is 2. The molecule has 24 heavy (non-hydrogen) atoms. The Bertz CT molecular complexity index is 704. The zero-order chi connectivity index (χ0) is 17.7. The van der Waals surface area contributed by atoms with Crippen LogP contribution in [0.15, 0.2) is 48.5 Å². The molecule has 0 saturated heterocycles. The van der Waals surface area contributed by atoms with Crippen LogP contribution in [0.1, 0.15) is 10.4 Å². The van der Waals surface area contributed by atoms with E-state index in [1.165, 1.54) is 12.1 Å². The van der Waals surface area contributed by atoms with Gasteiger partial charge in [0.15, 0.2) is 5.78 Å². The maximum atomic E-state index is 12.4. The summed E-state index contributed by atoms with van der Waals surface area (Å²) in [4.78, 5) is 12.4. The van der Waals surface area contributed by atoms with Crippen LogP contribution in [0.5, 0.6) is 5.75 Å². The van der Waals surface area contributed by atoms with Crippen LogP contribution < -0.4 is 10.1 Å². The first-order valence-corrected chi connectivity index (χ1v) is 7.19. The summed E-state index contributed by atoms with van der Waals surface area (Å²) in [6.07, 6.45) is -4.85. The molecule has 0 amide bonds. The lowest BCUT2D eigenvalue weighted by molar-refractivity contribution is -0.274. The molecule has 1 atom stereocenters. The maximum absolute atomic E-state index is 12.4. The number of carbonyl (C=O) groups excluding carboxylic acids is 1. The fourth-order valence-electron chi connectivity index (χ4n) is 1.99. The van der Waals surface area contributed by atoms with E-state index in [-0.39, 0.29) is 5.56 Å². The Morgan fingerprint density at radius 3 is 2.46 bits per heavy atom. The fraction of sp³-hybridized carbons (Fsp3) is 0.188. The van der Waals surface area contributed by atoms with Crippen molar-refractivity contribution in [3.63, 3.8) is 0 Å². The van der Waals surface area contributed by atoms with Crippen LogP contribution >= 0.6 is 11.6 Å². The first-order chi connectivity index (χ1) is 11.3. The van der Waals surface area contributed by atoms with Crippen molar-refractivity contribution >= 4 is 23.1 Å². The summed E-state index contributed by atoms with van der Waals surface area (Å²) in [6.45, 7) is -0.536. The number of halogens is 4. The average molecular weight is 360 g/mol. The minimum Gasteiger partial charge on any atom is -0.406 e. The molecule has 0 spiro atoms. The van der Waals surface area contributed by atoms with Gasteiger partial charge in [-0.05, 0) is 36.4 Å². The number of hydrogen-bond acceptors (Lipinski definition) is 4. The van der Waals surface area contributed by atoms with Gasteiger partial charge >= 0.3 is 6.36 Å². The lowest BCUT2D eigenvalue weighted by atomic mass is 10.0. The van der Waals surface area contributed by atoms with Gasteiger partial charge in [-0.3, -0.25) is 4.79 Å². The van der Waals surface area contributed by atoms with Crippen LogP contribution in [0.25, 0.3) is 0 Å². The van der Waals surface area contributed by atoms with Crippen molar-refractivity contribution in [1.82, 2.24) is 0 Å². The first-order valence-electron chi connectivity index (χ1n) is 6.81. The lowest BCUT2D eigenvalue weighted by Gasteiger charge is -2.17. The Morgan fingerprint density at radius 1 is 1.21 bits per heavy atom. The Balaban J connectivity index is 2.16. The molecule has 0 aliphatic carbocycles. The molecule has 0 radical (unpaired) electrons. The van der Waals surface area contributed by atoms with Gasteiger partial charge in [-0.25, -0.2) is 0 Å². The summed E-state index contributed by atoms with van der Waals surface area (Å²) in [5.41, 5.74) is 0.520. The molecular weight excluding hydrogens is 347 g/mol. The van der Waals surface area contributed by atoms with Gasteiger partial charge < -0.3 is 15.2 Å². The maximum Gasteiger partial charge on any atom is 0.573 e. The molecule has 2 aromatic carbocycles. The molecule has 8 heteroatoms. The third kappa shape index (κ3) is 5.14. The topological polar surface area (TPSA) is 58.6 Å². The summed E-state index contributed by atoms with van der Waals surface area (Å²) in [6, 6.07) is 10.1. The van der Waals surface area contributed by atoms with Crippen molar-refractivity contribution in [2.45, 2.75) is 12.4 Å². The van der Waals surface area contributed by atoms with Gasteiger partial charge in [-0.2, -0.15) is 0 Å². The smallest absolute Gasteiger partial charge is 0.406 e. The van der Waals surface area contributed by atoms with E-state index in [1.54, 1.807) is 24.3 Å². The summed E-state index contributed by atoms with van der Waals surface area (Å²) < 4.78 is 40.5. The SMILES string of the molecule is O=C(c1cccc(OC(F)(F)F)c1)C(CO)Nc1ccc(Cl)cc1. The van der Waals surface area contributed by atoms with E-state index < -0.39 is 30.5 Å². The molecule has 0 fully saturated rings. The van der Waals surface area contributed by atoms with E-state index in [2.05, 4.69) is 10.1 Å². The van der Waals surface area contributed by atoms with E-state index in [0.29, 0.717) is 10.7 Å². The molecule has 2 aromatic rings. The van der Waals surface area contributed by atoms with Crippen molar-refractivity contribution in [2.75, 3.05) is 11.9 Å². The van der Waals surface area contributed by atoms with Crippen LogP contribution in [0.3, 0.4) is 0 Å². The Hall–Kier alpha value is -2.25. The zero-order valence-corrected chi connectivity index (χ0v) is 12.9. The minimum absolute atomic E-state index is 0.0164. The summed E-state index contributed by atoms with van der Waals surface area (Å²) in [5.74, 6) is -1.07. The third-order valence-corrected chi connectivity index (χ3v) is 3.29. The molecule has 0 heterocycles. The summed E-state index contributed by atoms with van der Waals surface area (Å²) in [7, 11) is 0. The number of carbonyl (C=O) groups is 1. The standard InChI is InChI=1S/C16H13ClF3NO3/c17-11-4-6-12(7-5-11)21-14(9-22)15(23)10-2-1-3-13(8-10)24-16(18,19)20/h1-8,14,21-22H,9H2. The fourth-order valence-corrected chi connectivity index (χ4v) is 2.12. The third-order valence-electron chi connectivity index (χ3n) is 3.04. The van der Waals surface area contributed by atoms with Crippen LogP contribution in [-0.2, 0) is 0 Å². The lowest BCUT2D eigenvalue weighted by Crippen LogP contribution is -2.33. The van der Waals surface area contributed by atoms with Crippen molar-refractivity contribution in [2.24, 2.45) is 0 Å². The number of rotatable bonds is 6. The predicted octanol–water partition coefficient (Wildman–Crippen LogP) is 3.89. The van der Waals surface area contributed by atoms with Crippen LogP contribution in [0.2, 0.25) is 5.02 Å². The first kappa shape index (κ1) is 18.1. The highest BCUT2D eigenvalue weighted by Crippen LogP contribution is 2.24. The second kappa shape index (κ2) is 7.55. The predicted molar refractivity (Wildman–Crippen MR) is 83.4 cm³/mol. The van der Waals surface area contributed by atoms with E-state index in [0.717, 1.165) is 12.1 Å². The monoisotopic (exact) mass is 359 g/mol. The highest BCUT2D eigenvalue weighted by Gasteiger charge is 2.31. The molecule has 2 rings (SSSR count). The molecule has 0 aromatic heterocycles. The highest BCUT2D eigenvalue weighted by atomic mass is 35.5. The molecule has 0 aliphatic rings. The average Bonchev–Trinajstić information content (AvgIpc) is 2.52. The van der Waals surface area contributed by atoms with Crippen molar-refractivity contribution in [3.8, 4) is 5.75 Å². The van der Waals surface area contributed by atoms with Gasteiger partial charge in [0, 0.05) is 16.3 Å². The van der Waals surface area contributed by atoms with Gasteiger partial charge in [0.1, 0.15) is 11.8 Å². The van der Waals surface area contributed by atoms with Crippen molar-refractivity contribution < 1.29 is 27.8 Å². The number of anilines is 1. The number of aliphatic hydroxyl groups excluding tert-OH is 1. The summed E-state index contributed by atoms with van der Waals surface area (Å²) >= 11 is 5.76. The Kier molecular flexibility index (Phi) is 5.69. The molecule has 4 nitrogen and oxygen atoms in total. The molecule has 0 aliphatic heterocycles. The molecule has 128 valence electrons. The summed E-state index contributed by atoms with van der Waals surface area (Å²) in [5, 5.41) is 12.7. The minimum atomic E-state index is -4.85. The molecule has 0 saturated carbocycles. The second-order valence-corrected chi connectivity index (χ2v) is 5.26. The van der Waals surface area contributed by atoms with Gasteiger partial charge in [-0.1, -0.05) is 23.7 Å². The number of ether oxygens (including phenoxy) is 1. The van der Waals surface area contributed by atoms with Crippen molar-refractivity contribution in [3.05, 3.63) is 59.1 Å². The van der Waals surface area contributed by atoms with Gasteiger partial charge in [0.2, 0.25) is 0 Å². The molecule has 1 unspecified atom stereocenters. The second-order valence-electron chi connectivity index (χ2n) is 4.83. The normalized spacial score (nSPS) is 12.5.